The lowest BCUT2D eigenvalue weighted by Gasteiger charge is -2.17. The Labute approximate surface area is 148 Å². The van der Waals surface area contributed by atoms with Gasteiger partial charge in [-0.3, -0.25) is 4.79 Å². The number of rotatable bonds is 5. The van der Waals surface area contributed by atoms with Gasteiger partial charge in [0.15, 0.2) is 6.61 Å². The van der Waals surface area contributed by atoms with Crippen molar-refractivity contribution in [1.29, 1.82) is 0 Å². The predicted molar refractivity (Wildman–Crippen MR) is 92.0 cm³/mol. The first-order valence-corrected chi connectivity index (χ1v) is 8.08. The van der Waals surface area contributed by atoms with Gasteiger partial charge in [-0.15, -0.1) is 0 Å². The Balaban J connectivity index is 1.89. The van der Waals surface area contributed by atoms with Crippen molar-refractivity contribution in [3.63, 3.8) is 0 Å². The Morgan fingerprint density at radius 1 is 1.17 bits per heavy atom. The van der Waals surface area contributed by atoms with Crippen LogP contribution in [0.4, 0.5) is 4.39 Å². The van der Waals surface area contributed by atoms with Crippen LogP contribution in [-0.4, -0.2) is 30.4 Å². The topological polar surface area (TPSA) is 46.6 Å². The molecule has 2 rings (SSSR count). The molecule has 0 aliphatic heterocycles. The Morgan fingerprint density at radius 2 is 1.83 bits per heavy atom. The molecular weight excluding hydrogens is 377 g/mol. The molecule has 4 nitrogen and oxygen atoms in total. The molecule has 0 saturated heterocycles. The summed E-state index contributed by atoms with van der Waals surface area (Å²) in [5.74, 6) is -1.46. The number of likely N-dealkylation sites (N-methyl/N-ethyl adjacent to an activating group) is 1. The Kier molecular flexibility index (Phi) is 6.09. The summed E-state index contributed by atoms with van der Waals surface area (Å²) in [4.78, 5) is 25.5. The summed E-state index contributed by atoms with van der Waals surface area (Å²) in [7, 11) is 1.64. The fourth-order valence-corrected chi connectivity index (χ4v) is 2.54. The van der Waals surface area contributed by atoms with Crippen molar-refractivity contribution in [3.8, 4) is 0 Å². The SMILES string of the molecule is Cc1ccc(CN(C)C(=O)COC(=O)c2ccc(F)cc2Br)cc1. The van der Waals surface area contributed by atoms with E-state index in [2.05, 4.69) is 15.9 Å². The van der Waals surface area contributed by atoms with Crippen molar-refractivity contribution in [3.05, 3.63) is 69.4 Å². The fourth-order valence-electron chi connectivity index (χ4n) is 2.03. The predicted octanol–water partition coefficient (Wildman–Crippen LogP) is 3.71. The molecule has 0 spiro atoms. The van der Waals surface area contributed by atoms with Gasteiger partial charge < -0.3 is 9.64 Å². The molecule has 1 amide bonds. The Bertz CT molecular complexity index is 746. The number of esters is 1. The lowest BCUT2D eigenvalue weighted by molar-refractivity contribution is -0.133. The average molecular weight is 394 g/mol. The van der Waals surface area contributed by atoms with Gasteiger partial charge in [0.2, 0.25) is 0 Å². The minimum Gasteiger partial charge on any atom is -0.452 e. The third kappa shape index (κ3) is 4.89. The van der Waals surface area contributed by atoms with E-state index in [0.717, 1.165) is 17.2 Å². The van der Waals surface area contributed by atoms with Crippen LogP contribution in [0, 0.1) is 12.7 Å². The summed E-state index contributed by atoms with van der Waals surface area (Å²) in [5, 5.41) is 0. The van der Waals surface area contributed by atoms with E-state index in [1.165, 1.54) is 17.0 Å². The molecule has 0 fully saturated rings. The van der Waals surface area contributed by atoms with Gasteiger partial charge in [-0.2, -0.15) is 0 Å². The first kappa shape index (κ1) is 18.1. The van der Waals surface area contributed by atoms with Crippen LogP contribution in [0.25, 0.3) is 0 Å². The zero-order valence-electron chi connectivity index (χ0n) is 13.4. The molecule has 24 heavy (non-hydrogen) atoms. The number of halogens is 2. The summed E-state index contributed by atoms with van der Waals surface area (Å²) in [6.07, 6.45) is 0. The van der Waals surface area contributed by atoms with Gasteiger partial charge in [0.05, 0.1) is 5.56 Å². The minimum absolute atomic E-state index is 0.172. The molecule has 6 heteroatoms. The number of carbonyl (C=O) groups is 2. The summed E-state index contributed by atoms with van der Waals surface area (Å²) < 4.78 is 18.3. The lowest BCUT2D eigenvalue weighted by Crippen LogP contribution is -2.30. The summed E-state index contributed by atoms with van der Waals surface area (Å²) in [6, 6.07) is 11.5. The maximum absolute atomic E-state index is 13.0. The number of aryl methyl sites for hydroxylation is 1. The molecule has 0 heterocycles. The van der Waals surface area contributed by atoms with Crippen molar-refractivity contribution >= 4 is 27.8 Å². The highest BCUT2D eigenvalue weighted by molar-refractivity contribution is 9.10. The largest absolute Gasteiger partial charge is 0.452 e. The molecule has 0 radical (unpaired) electrons. The molecule has 2 aromatic rings. The summed E-state index contributed by atoms with van der Waals surface area (Å²) in [6.45, 7) is 2.05. The van der Waals surface area contributed by atoms with E-state index in [9.17, 15) is 14.0 Å². The highest BCUT2D eigenvalue weighted by Gasteiger charge is 2.16. The number of ether oxygens (including phenoxy) is 1. The summed E-state index contributed by atoms with van der Waals surface area (Å²) >= 11 is 3.10. The highest BCUT2D eigenvalue weighted by atomic mass is 79.9. The number of carbonyl (C=O) groups excluding carboxylic acids is 2. The van der Waals surface area contributed by atoms with Crippen LogP contribution in [0.1, 0.15) is 21.5 Å². The van der Waals surface area contributed by atoms with Crippen molar-refractivity contribution in [2.75, 3.05) is 13.7 Å². The van der Waals surface area contributed by atoms with Crippen LogP contribution in [0.2, 0.25) is 0 Å². The maximum Gasteiger partial charge on any atom is 0.339 e. The lowest BCUT2D eigenvalue weighted by atomic mass is 10.1. The standard InChI is InChI=1S/C18H17BrFNO3/c1-12-3-5-13(6-4-12)10-21(2)17(22)11-24-18(23)15-8-7-14(20)9-16(15)19/h3-9H,10-11H2,1-2H3. The van der Waals surface area contributed by atoms with E-state index in [4.69, 9.17) is 4.74 Å². The molecule has 0 aromatic heterocycles. The normalized spacial score (nSPS) is 10.3. The molecule has 0 aliphatic carbocycles. The van der Waals surface area contributed by atoms with Gasteiger partial charge in [0.25, 0.3) is 5.91 Å². The van der Waals surface area contributed by atoms with Crippen LogP contribution in [0.5, 0.6) is 0 Å². The van der Waals surface area contributed by atoms with E-state index < -0.39 is 11.8 Å². The van der Waals surface area contributed by atoms with Gasteiger partial charge in [-0.1, -0.05) is 29.8 Å². The van der Waals surface area contributed by atoms with E-state index >= 15 is 0 Å². The number of nitrogens with zero attached hydrogens (tertiary/aromatic N) is 1. The second kappa shape index (κ2) is 8.06. The molecule has 0 aliphatic rings. The van der Waals surface area contributed by atoms with E-state index in [1.807, 2.05) is 31.2 Å². The smallest absolute Gasteiger partial charge is 0.339 e. The van der Waals surface area contributed by atoms with Crippen LogP contribution in [0.15, 0.2) is 46.9 Å². The number of hydrogen-bond acceptors (Lipinski definition) is 3. The monoisotopic (exact) mass is 393 g/mol. The molecular formula is C18H17BrFNO3. The second-order valence-corrected chi connectivity index (χ2v) is 6.29. The molecule has 0 atom stereocenters. The molecule has 2 aromatic carbocycles. The van der Waals surface area contributed by atoms with Gasteiger partial charge in [-0.25, -0.2) is 9.18 Å². The first-order valence-electron chi connectivity index (χ1n) is 7.28. The van der Waals surface area contributed by atoms with Crippen LogP contribution in [-0.2, 0) is 16.1 Å². The van der Waals surface area contributed by atoms with Gasteiger partial charge >= 0.3 is 5.97 Å². The van der Waals surface area contributed by atoms with Gasteiger partial charge in [-0.05, 0) is 46.6 Å². The maximum atomic E-state index is 13.0. The second-order valence-electron chi connectivity index (χ2n) is 5.44. The Morgan fingerprint density at radius 3 is 2.46 bits per heavy atom. The molecule has 126 valence electrons. The van der Waals surface area contributed by atoms with Crippen molar-refractivity contribution in [1.82, 2.24) is 4.90 Å². The molecule has 0 N–H and O–H groups in total. The van der Waals surface area contributed by atoms with Crippen molar-refractivity contribution in [2.45, 2.75) is 13.5 Å². The third-order valence-electron chi connectivity index (χ3n) is 3.44. The van der Waals surface area contributed by atoms with Crippen LogP contribution in [0.3, 0.4) is 0 Å². The fraction of sp³-hybridized carbons (Fsp3) is 0.222. The third-order valence-corrected chi connectivity index (χ3v) is 4.10. The summed E-state index contributed by atoms with van der Waals surface area (Å²) in [5.41, 5.74) is 2.31. The van der Waals surface area contributed by atoms with Crippen molar-refractivity contribution in [2.24, 2.45) is 0 Å². The first-order chi connectivity index (χ1) is 11.4. The van der Waals surface area contributed by atoms with Crippen LogP contribution < -0.4 is 0 Å². The number of hydrogen-bond donors (Lipinski definition) is 0. The Hall–Kier alpha value is -2.21. The highest BCUT2D eigenvalue weighted by Crippen LogP contribution is 2.19. The van der Waals surface area contributed by atoms with Crippen molar-refractivity contribution < 1.29 is 18.7 Å². The minimum atomic E-state index is -0.682. The van der Waals surface area contributed by atoms with Gasteiger partial charge in [0.1, 0.15) is 5.82 Å². The van der Waals surface area contributed by atoms with E-state index in [0.29, 0.717) is 6.54 Å². The number of amides is 1. The van der Waals surface area contributed by atoms with E-state index in [-0.39, 0.29) is 22.6 Å². The number of benzene rings is 2. The zero-order chi connectivity index (χ0) is 17.7. The average Bonchev–Trinajstić information content (AvgIpc) is 2.54. The zero-order valence-corrected chi connectivity index (χ0v) is 15.0. The molecule has 0 saturated carbocycles. The molecule has 0 bridgehead atoms. The van der Waals surface area contributed by atoms with Crippen LogP contribution >= 0.6 is 15.9 Å². The quantitative estimate of drug-likeness (QED) is 0.727. The van der Waals surface area contributed by atoms with E-state index in [1.54, 1.807) is 7.05 Å². The molecule has 0 unspecified atom stereocenters. The van der Waals surface area contributed by atoms with Gasteiger partial charge in [0, 0.05) is 18.1 Å².